The monoisotopic (exact) mass is 372 g/mol. The van der Waals surface area contributed by atoms with Gasteiger partial charge in [0.15, 0.2) is 0 Å². The average molecular weight is 372 g/mol. The topological polar surface area (TPSA) is 91.4 Å². The summed E-state index contributed by atoms with van der Waals surface area (Å²) in [5.74, 6) is -0.0446. The first kappa shape index (κ1) is 22.2. The summed E-state index contributed by atoms with van der Waals surface area (Å²) in [6.45, 7) is 9.76. The zero-order valence-electron chi connectivity index (χ0n) is 16.3. The lowest BCUT2D eigenvalue weighted by atomic mass is 10.2. The van der Waals surface area contributed by atoms with Gasteiger partial charge in [0.2, 0.25) is 12.3 Å². The van der Waals surface area contributed by atoms with Gasteiger partial charge in [0.25, 0.3) is 0 Å². The SMILES string of the molecule is CN1CCN(C(=O)CN(C=O)CCOCCNC(=O)OC(C)(C)C)CC1. The average Bonchev–Trinajstić information content (AvgIpc) is 2.55. The molecule has 1 saturated heterocycles. The van der Waals surface area contributed by atoms with E-state index < -0.39 is 11.7 Å². The van der Waals surface area contributed by atoms with Gasteiger partial charge in [-0.1, -0.05) is 0 Å². The second-order valence-corrected chi connectivity index (χ2v) is 7.30. The lowest BCUT2D eigenvalue weighted by Gasteiger charge is -2.33. The highest BCUT2D eigenvalue weighted by Gasteiger charge is 2.20. The number of nitrogens with one attached hydrogen (secondary N) is 1. The Morgan fingerprint density at radius 2 is 1.81 bits per heavy atom. The van der Waals surface area contributed by atoms with Crippen LogP contribution in [0.3, 0.4) is 0 Å². The third-order valence-electron chi connectivity index (χ3n) is 3.78. The van der Waals surface area contributed by atoms with Crippen molar-refractivity contribution in [3.63, 3.8) is 0 Å². The van der Waals surface area contributed by atoms with Crippen LogP contribution in [0.15, 0.2) is 0 Å². The van der Waals surface area contributed by atoms with Gasteiger partial charge in [0.1, 0.15) is 5.60 Å². The minimum atomic E-state index is -0.536. The summed E-state index contributed by atoms with van der Waals surface area (Å²) >= 11 is 0. The molecule has 0 bridgehead atoms. The number of ether oxygens (including phenoxy) is 2. The Morgan fingerprint density at radius 1 is 1.15 bits per heavy atom. The van der Waals surface area contributed by atoms with E-state index >= 15 is 0 Å². The van der Waals surface area contributed by atoms with Crippen LogP contribution in [-0.2, 0) is 19.1 Å². The number of amides is 3. The molecular formula is C17H32N4O5. The van der Waals surface area contributed by atoms with Gasteiger partial charge in [-0.05, 0) is 27.8 Å². The number of hydrogen-bond acceptors (Lipinski definition) is 6. The predicted octanol–water partition coefficient (Wildman–Crippen LogP) is -0.240. The molecule has 0 aromatic carbocycles. The van der Waals surface area contributed by atoms with Crippen LogP contribution in [0.1, 0.15) is 20.8 Å². The molecule has 1 rings (SSSR count). The first-order valence-corrected chi connectivity index (χ1v) is 8.91. The van der Waals surface area contributed by atoms with Gasteiger partial charge in [-0.2, -0.15) is 0 Å². The Kier molecular flexibility index (Phi) is 9.36. The highest BCUT2D eigenvalue weighted by molar-refractivity contribution is 5.80. The van der Waals surface area contributed by atoms with Crippen molar-refractivity contribution in [3.8, 4) is 0 Å². The highest BCUT2D eigenvalue weighted by Crippen LogP contribution is 2.06. The molecule has 9 heteroatoms. The molecule has 1 aliphatic heterocycles. The van der Waals surface area contributed by atoms with Crippen LogP contribution in [0, 0.1) is 0 Å². The van der Waals surface area contributed by atoms with Gasteiger partial charge >= 0.3 is 6.09 Å². The lowest BCUT2D eigenvalue weighted by Crippen LogP contribution is -2.50. The Labute approximate surface area is 155 Å². The fourth-order valence-corrected chi connectivity index (χ4v) is 2.32. The standard InChI is InChI=1S/C17H32N4O5/c1-17(2,3)26-16(24)18-5-11-25-12-10-20(14-22)13-15(23)21-8-6-19(4)7-9-21/h14H,5-13H2,1-4H3,(H,18,24). The highest BCUT2D eigenvalue weighted by atomic mass is 16.6. The van der Waals surface area contributed by atoms with Gasteiger partial charge in [-0.3, -0.25) is 9.59 Å². The predicted molar refractivity (Wildman–Crippen MR) is 96.8 cm³/mol. The van der Waals surface area contributed by atoms with Crippen molar-refractivity contribution in [1.29, 1.82) is 0 Å². The third-order valence-corrected chi connectivity index (χ3v) is 3.78. The summed E-state index contributed by atoms with van der Waals surface area (Å²) in [6, 6.07) is 0. The smallest absolute Gasteiger partial charge is 0.407 e. The molecule has 1 N–H and O–H groups in total. The zero-order valence-corrected chi connectivity index (χ0v) is 16.3. The molecule has 9 nitrogen and oxygen atoms in total. The molecule has 0 radical (unpaired) electrons. The van der Waals surface area contributed by atoms with E-state index in [1.807, 2.05) is 7.05 Å². The maximum Gasteiger partial charge on any atom is 0.407 e. The van der Waals surface area contributed by atoms with Crippen molar-refractivity contribution < 1.29 is 23.9 Å². The Balaban J connectivity index is 2.13. The van der Waals surface area contributed by atoms with Gasteiger partial charge in [0.05, 0.1) is 19.8 Å². The molecular weight excluding hydrogens is 340 g/mol. The summed E-state index contributed by atoms with van der Waals surface area (Å²) in [5, 5.41) is 2.59. The van der Waals surface area contributed by atoms with Gasteiger partial charge < -0.3 is 29.5 Å². The summed E-state index contributed by atoms with van der Waals surface area (Å²) in [5.41, 5.74) is -0.536. The molecule has 0 aromatic rings. The van der Waals surface area contributed by atoms with Crippen LogP contribution in [0.25, 0.3) is 0 Å². The van der Waals surface area contributed by atoms with E-state index in [9.17, 15) is 14.4 Å². The van der Waals surface area contributed by atoms with E-state index in [0.717, 1.165) is 13.1 Å². The molecule has 3 amide bonds. The van der Waals surface area contributed by atoms with Crippen LogP contribution in [0.4, 0.5) is 4.79 Å². The second-order valence-electron chi connectivity index (χ2n) is 7.30. The molecule has 26 heavy (non-hydrogen) atoms. The number of alkyl carbamates (subject to hydrolysis) is 1. The second kappa shape index (κ2) is 11.0. The van der Waals surface area contributed by atoms with Crippen molar-refractivity contribution in [2.75, 3.05) is 66.1 Å². The Bertz CT molecular complexity index is 459. The van der Waals surface area contributed by atoms with Crippen molar-refractivity contribution in [3.05, 3.63) is 0 Å². The van der Waals surface area contributed by atoms with E-state index in [4.69, 9.17) is 9.47 Å². The van der Waals surface area contributed by atoms with Gasteiger partial charge in [0, 0.05) is 39.3 Å². The van der Waals surface area contributed by atoms with E-state index in [1.54, 1.807) is 25.7 Å². The van der Waals surface area contributed by atoms with Crippen LogP contribution in [0.5, 0.6) is 0 Å². The third kappa shape index (κ3) is 9.57. The molecule has 0 saturated carbocycles. The van der Waals surface area contributed by atoms with Crippen LogP contribution in [0.2, 0.25) is 0 Å². The van der Waals surface area contributed by atoms with Gasteiger partial charge in [-0.15, -0.1) is 0 Å². The number of hydrogen-bond donors (Lipinski definition) is 1. The summed E-state index contributed by atoms with van der Waals surface area (Å²) in [7, 11) is 2.02. The largest absolute Gasteiger partial charge is 0.444 e. The fourth-order valence-electron chi connectivity index (χ4n) is 2.32. The summed E-state index contributed by atoms with van der Waals surface area (Å²) in [4.78, 5) is 40.1. The summed E-state index contributed by atoms with van der Waals surface area (Å²) < 4.78 is 10.5. The first-order chi connectivity index (χ1) is 12.2. The number of nitrogens with zero attached hydrogens (tertiary/aromatic N) is 3. The van der Waals surface area contributed by atoms with Crippen LogP contribution in [-0.4, -0.2) is 105 Å². The molecule has 150 valence electrons. The molecule has 1 fully saturated rings. The number of likely N-dealkylation sites (N-methyl/N-ethyl adjacent to an activating group) is 1. The number of carbonyl (C=O) groups is 3. The maximum absolute atomic E-state index is 12.2. The first-order valence-electron chi connectivity index (χ1n) is 8.91. The van der Waals surface area contributed by atoms with E-state index in [2.05, 4.69) is 10.2 Å². The van der Waals surface area contributed by atoms with E-state index in [1.165, 1.54) is 4.90 Å². The van der Waals surface area contributed by atoms with Crippen molar-refractivity contribution >= 4 is 18.4 Å². The molecule has 0 spiro atoms. The molecule has 0 aliphatic carbocycles. The van der Waals surface area contributed by atoms with E-state index in [-0.39, 0.29) is 12.5 Å². The number of carbonyl (C=O) groups excluding carboxylic acids is 3. The minimum absolute atomic E-state index is 0.0446. The maximum atomic E-state index is 12.2. The van der Waals surface area contributed by atoms with Crippen molar-refractivity contribution in [2.24, 2.45) is 0 Å². The zero-order chi connectivity index (χ0) is 19.6. The Morgan fingerprint density at radius 3 is 2.38 bits per heavy atom. The molecule has 1 heterocycles. The molecule has 0 unspecified atom stereocenters. The minimum Gasteiger partial charge on any atom is -0.444 e. The molecule has 0 atom stereocenters. The van der Waals surface area contributed by atoms with E-state index in [0.29, 0.717) is 45.8 Å². The summed E-state index contributed by atoms with van der Waals surface area (Å²) in [6.07, 6.45) is 0.171. The number of rotatable bonds is 9. The normalized spacial score (nSPS) is 15.5. The van der Waals surface area contributed by atoms with Gasteiger partial charge in [-0.25, -0.2) is 4.79 Å². The van der Waals surface area contributed by atoms with Crippen molar-refractivity contribution in [1.82, 2.24) is 20.0 Å². The lowest BCUT2D eigenvalue weighted by molar-refractivity contribution is -0.137. The fraction of sp³-hybridized carbons (Fsp3) is 0.824. The number of piperazine rings is 1. The van der Waals surface area contributed by atoms with Crippen molar-refractivity contribution in [2.45, 2.75) is 26.4 Å². The van der Waals surface area contributed by atoms with Crippen LogP contribution < -0.4 is 5.32 Å². The molecule has 0 aromatic heterocycles. The molecule has 1 aliphatic rings. The van der Waals surface area contributed by atoms with Crippen LogP contribution >= 0.6 is 0 Å². The quantitative estimate of drug-likeness (QED) is 0.444. The Hall–Kier alpha value is -1.87.